The Morgan fingerprint density at radius 3 is 2.74 bits per heavy atom. The van der Waals surface area contributed by atoms with Gasteiger partial charge in [-0.05, 0) is 36.9 Å². The van der Waals surface area contributed by atoms with Gasteiger partial charge < -0.3 is 8.98 Å². The van der Waals surface area contributed by atoms with Crippen LogP contribution in [0.15, 0.2) is 52.5 Å². The van der Waals surface area contributed by atoms with Crippen molar-refractivity contribution in [2.45, 2.75) is 24.0 Å². The molecular formula is C16H19N5OS. The molecule has 3 aromatic heterocycles. The van der Waals surface area contributed by atoms with Gasteiger partial charge in [0.15, 0.2) is 5.16 Å². The molecule has 6 nitrogen and oxygen atoms in total. The van der Waals surface area contributed by atoms with Gasteiger partial charge in [-0.15, -0.1) is 10.2 Å². The van der Waals surface area contributed by atoms with Crippen LogP contribution in [0.4, 0.5) is 0 Å². The van der Waals surface area contributed by atoms with E-state index in [0.717, 1.165) is 35.6 Å². The molecule has 0 radical (unpaired) electrons. The van der Waals surface area contributed by atoms with E-state index in [1.807, 2.05) is 55.3 Å². The molecule has 0 bridgehead atoms. The lowest BCUT2D eigenvalue weighted by Crippen LogP contribution is -2.19. The third kappa shape index (κ3) is 4.20. The molecule has 0 N–H and O–H groups in total. The maximum absolute atomic E-state index is 5.37. The molecule has 0 saturated heterocycles. The van der Waals surface area contributed by atoms with E-state index in [0.29, 0.717) is 0 Å². The zero-order valence-corrected chi connectivity index (χ0v) is 14.0. The van der Waals surface area contributed by atoms with E-state index in [2.05, 4.69) is 20.1 Å². The maximum Gasteiger partial charge on any atom is 0.191 e. The fourth-order valence-corrected chi connectivity index (χ4v) is 3.09. The van der Waals surface area contributed by atoms with Crippen LogP contribution in [0.5, 0.6) is 0 Å². The van der Waals surface area contributed by atoms with E-state index in [-0.39, 0.29) is 0 Å². The predicted molar refractivity (Wildman–Crippen MR) is 88.7 cm³/mol. The topological polar surface area (TPSA) is 60.0 Å². The maximum atomic E-state index is 5.37. The summed E-state index contributed by atoms with van der Waals surface area (Å²) in [5.74, 6) is 2.75. The zero-order chi connectivity index (χ0) is 16.1. The van der Waals surface area contributed by atoms with Gasteiger partial charge in [-0.25, -0.2) is 0 Å². The normalized spacial score (nSPS) is 11.3. The molecule has 0 atom stereocenters. The Kier molecular flexibility index (Phi) is 5.09. The number of aromatic nitrogens is 4. The van der Waals surface area contributed by atoms with Crippen molar-refractivity contribution in [3.63, 3.8) is 0 Å². The Morgan fingerprint density at radius 2 is 2.00 bits per heavy atom. The van der Waals surface area contributed by atoms with Gasteiger partial charge in [0, 0.05) is 25.2 Å². The monoisotopic (exact) mass is 329 g/mol. The molecule has 3 heterocycles. The molecule has 0 aliphatic carbocycles. The van der Waals surface area contributed by atoms with Crippen molar-refractivity contribution in [2.24, 2.45) is 7.05 Å². The van der Waals surface area contributed by atoms with Crippen LogP contribution in [0.3, 0.4) is 0 Å². The molecule has 0 aliphatic heterocycles. The van der Waals surface area contributed by atoms with Gasteiger partial charge in [0.2, 0.25) is 0 Å². The molecule has 0 amide bonds. The van der Waals surface area contributed by atoms with Crippen LogP contribution < -0.4 is 0 Å². The van der Waals surface area contributed by atoms with Crippen molar-refractivity contribution in [1.82, 2.24) is 24.6 Å². The summed E-state index contributed by atoms with van der Waals surface area (Å²) in [6, 6.07) is 7.91. The Hall–Kier alpha value is -2.12. The molecule has 0 unspecified atom stereocenters. The summed E-state index contributed by atoms with van der Waals surface area (Å²) in [6.45, 7) is 1.47. The lowest BCUT2D eigenvalue weighted by atomic mass is 10.3. The van der Waals surface area contributed by atoms with Gasteiger partial charge >= 0.3 is 0 Å². The van der Waals surface area contributed by atoms with Crippen LogP contribution in [0.25, 0.3) is 0 Å². The number of furan rings is 1. The highest BCUT2D eigenvalue weighted by molar-refractivity contribution is 7.98. The van der Waals surface area contributed by atoms with Gasteiger partial charge in [0.25, 0.3) is 0 Å². The fourth-order valence-electron chi connectivity index (χ4n) is 2.20. The molecule has 0 fully saturated rings. The average Bonchev–Trinajstić information content (AvgIpc) is 3.18. The Labute approximate surface area is 139 Å². The first-order valence-electron chi connectivity index (χ1n) is 7.33. The Balaban J connectivity index is 1.58. The van der Waals surface area contributed by atoms with E-state index < -0.39 is 0 Å². The molecule has 3 rings (SSSR count). The summed E-state index contributed by atoms with van der Waals surface area (Å²) in [7, 11) is 4.05. The van der Waals surface area contributed by atoms with Crippen LogP contribution >= 0.6 is 11.8 Å². The lowest BCUT2D eigenvalue weighted by Gasteiger charge is -2.14. The van der Waals surface area contributed by atoms with Crippen molar-refractivity contribution >= 4 is 11.8 Å². The summed E-state index contributed by atoms with van der Waals surface area (Å²) in [5.41, 5.74) is 1.23. The van der Waals surface area contributed by atoms with Gasteiger partial charge in [-0.2, -0.15) is 0 Å². The number of rotatable bonds is 7. The van der Waals surface area contributed by atoms with E-state index in [1.54, 1.807) is 18.0 Å². The predicted octanol–water partition coefficient (Wildman–Crippen LogP) is 2.73. The quantitative estimate of drug-likeness (QED) is 0.621. The third-order valence-electron chi connectivity index (χ3n) is 3.46. The second-order valence-corrected chi connectivity index (χ2v) is 6.30. The molecule has 7 heteroatoms. The number of hydrogen-bond acceptors (Lipinski definition) is 6. The van der Waals surface area contributed by atoms with Crippen LogP contribution in [0.1, 0.15) is 17.1 Å². The Morgan fingerprint density at radius 1 is 1.17 bits per heavy atom. The first-order valence-corrected chi connectivity index (χ1v) is 8.32. The zero-order valence-electron chi connectivity index (χ0n) is 13.2. The first-order chi connectivity index (χ1) is 11.2. The summed E-state index contributed by atoms with van der Waals surface area (Å²) in [4.78, 5) is 6.18. The molecular weight excluding hydrogens is 310 g/mol. The smallest absolute Gasteiger partial charge is 0.191 e. The average molecular weight is 329 g/mol. The third-order valence-corrected chi connectivity index (χ3v) is 4.55. The molecule has 3 aromatic rings. The van der Waals surface area contributed by atoms with Gasteiger partial charge in [0.1, 0.15) is 11.6 Å². The van der Waals surface area contributed by atoms with Crippen LogP contribution in [-0.4, -0.2) is 31.7 Å². The number of thioether (sulfide) groups is 1. The number of pyridine rings is 1. The molecule has 0 aliphatic rings. The van der Waals surface area contributed by atoms with Crippen molar-refractivity contribution in [3.8, 4) is 0 Å². The highest BCUT2D eigenvalue weighted by Crippen LogP contribution is 2.21. The molecule has 0 aromatic carbocycles. The van der Waals surface area contributed by atoms with Gasteiger partial charge in [0.05, 0.1) is 19.4 Å². The second kappa shape index (κ2) is 7.43. The molecule has 23 heavy (non-hydrogen) atoms. The number of nitrogens with zero attached hydrogens (tertiary/aromatic N) is 5. The molecule has 0 spiro atoms. The van der Waals surface area contributed by atoms with Crippen molar-refractivity contribution < 1.29 is 4.42 Å². The van der Waals surface area contributed by atoms with Crippen molar-refractivity contribution in [3.05, 3.63) is 60.1 Å². The van der Waals surface area contributed by atoms with Crippen LogP contribution in [0, 0.1) is 0 Å². The fraction of sp³-hybridized carbons (Fsp3) is 0.312. The van der Waals surface area contributed by atoms with Gasteiger partial charge in [-0.1, -0.05) is 11.8 Å². The molecule has 120 valence electrons. The Bertz CT molecular complexity index is 726. The number of hydrogen-bond donors (Lipinski definition) is 0. The second-order valence-electron chi connectivity index (χ2n) is 5.35. The van der Waals surface area contributed by atoms with E-state index in [1.165, 1.54) is 5.56 Å². The molecule has 0 saturated carbocycles. The largest absolute Gasteiger partial charge is 0.468 e. The van der Waals surface area contributed by atoms with E-state index in [9.17, 15) is 0 Å². The standard InChI is InChI=1S/C16H19N5OS/c1-20(10-14-4-3-9-22-14)11-15-18-19-16(21(15)2)23-12-13-5-7-17-8-6-13/h3-9H,10-12H2,1-2H3. The highest BCUT2D eigenvalue weighted by atomic mass is 32.2. The summed E-state index contributed by atoms with van der Waals surface area (Å²) >= 11 is 1.68. The van der Waals surface area contributed by atoms with Gasteiger partial charge in [-0.3, -0.25) is 9.88 Å². The highest BCUT2D eigenvalue weighted by Gasteiger charge is 2.12. The minimum Gasteiger partial charge on any atom is -0.468 e. The van der Waals surface area contributed by atoms with Crippen LogP contribution in [0.2, 0.25) is 0 Å². The van der Waals surface area contributed by atoms with Crippen LogP contribution in [-0.2, 0) is 25.9 Å². The minimum absolute atomic E-state index is 0.722. The van der Waals surface area contributed by atoms with E-state index in [4.69, 9.17) is 4.42 Å². The lowest BCUT2D eigenvalue weighted by molar-refractivity contribution is 0.278. The minimum atomic E-state index is 0.722. The summed E-state index contributed by atoms with van der Waals surface area (Å²) in [6.07, 6.45) is 5.31. The van der Waals surface area contributed by atoms with Crippen molar-refractivity contribution in [1.29, 1.82) is 0 Å². The summed E-state index contributed by atoms with van der Waals surface area (Å²) < 4.78 is 7.42. The first kappa shape index (κ1) is 15.8. The SMILES string of the molecule is CN(Cc1ccco1)Cc1nnc(SCc2ccncc2)n1C. The van der Waals surface area contributed by atoms with E-state index >= 15 is 0 Å². The summed E-state index contributed by atoms with van der Waals surface area (Å²) in [5, 5.41) is 9.52. The van der Waals surface area contributed by atoms with Crippen molar-refractivity contribution in [2.75, 3.05) is 7.05 Å².